The van der Waals surface area contributed by atoms with Gasteiger partial charge >= 0.3 is 6.09 Å². The standard InChI is InChI=1S/C15H23NO4/c1-5-6-7-8-13(17)12-11-19-10-9-16(12)14(18)20-15(2,3)4/h1,12H,6-11H2,2-4H3. The molecule has 1 saturated heterocycles. The van der Waals surface area contributed by atoms with Gasteiger partial charge in [0.25, 0.3) is 0 Å². The molecule has 0 bridgehead atoms. The maximum atomic E-state index is 12.2. The molecule has 5 nitrogen and oxygen atoms in total. The van der Waals surface area contributed by atoms with Gasteiger partial charge in [0.05, 0.1) is 13.2 Å². The first-order valence-corrected chi connectivity index (χ1v) is 6.88. The van der Waals surface area contributed by atoms with Crippen LogP contribution in [-0.4, -0.2) is 48.2 Å². The number of carbonyl (C=O) groups is 2. The highest BCUT2D eigenvalue weighted by Crippen LogP contribution is 2.16. The average Bonchev–Trinajstić information content (AvgIpc) is 2.37. The van der Waals surface area contributed by atoms with Crippen LogP contribution in [0.4, 0.5) is 4.79 Å². The predicted octanol–water partition coefficient (Wildman–Crippen LogP) is 1.99. The maximum absolute atomic E-state index is 12.2. The molecule has 112 valence electrons. The van der Waals surface area contributed by atoms with Crippen LogP contribution in [0, 0.1) is 12.3 Å². The lowest BCUT2D eigenvalue weighted by Gasteiger charge is -2.35. The van der Waals surface area contributed by atoms with Crippen molar-refractivity contribution >= 4 is 11.9 Å². The van der Waals surface area contributed by atoms with E-state index in [-0.39, 0.29) is 12.4 Å². The van der Waals surface area contributed by atoms with Crippen LogP contribution in [0.15, 0.2) is 0 Å². The van der Waals surface area contributed by atoms with Crippen LogP contribution in [0.5, 0.6) is 0 Å². The van der Waals surface area contributed by atoms with Crippen molar-refractivity contribution in [2.75, 3.05) is 19.8 Å². The molecular formula is C15H23NO4. The second-order valence-electron chi connectivity index (χ2n) is 5.79. The lowest BCUT2D eigenvalue weighted by molar-refractivity contribution is -0.130. The molecule has 1 fully saturated rings. The van der Waals surface area contributed by atoms with E-state index in [9.17, 15) is 9.59 Å². The number of carbonyl (C=O) groups excluding carboxylic acids is 2. The fourth-order valence-electron chi connectivity index (χ4n) is 1.94. The van der Waals surface area contributed by atoms with Gasteiger partial charge in [-0.05, 0) is 27.2 Å². The zero-order valence-electron chi connectivity index (χ0n) is 12.5. The van der Waals surface area contributed by atoms with Crippen molar-refractivity contribution in [3.63, 3.8) is 0 Å². The number of nitrogens with zero attached hydrogens (tertiary/aromatic N) is 1. The summed E-state index contributed by atoms with van der Waals surface area (Å²) in [5, 5.41) is 0. The Hall–Kier alpha value is -1.54. The summed E-state index contributed by atoms with van der Waals surface area (Å²) in [5.41, 5.74) is -0.577. The van der Waals surface area contributed by atoms with Gasteiger partial charge in [-0.3, -0.25) is 9.69 Å². The molecule has 0 aromatic carbocycles. The summed E-state index contributed by atoms with van der Waals surface area (Å²) in [5.74, 6) is 2.48. The van der Waals surface area contributed by atoms with Crippen molar-refractivity contribution in [1.29, 1.82) is 0 Å². The van der Waals surface area contributed by atoms with Crippen molar-refractivity contribution < 1.29 is 19.1 Å². The Morgan fingerprint density at radius 2 is 2.15 bits per heavy atom. The highest BCUT2D eigenvalue weighted by atomic mass is 16.6. The summed E-state index contributed by atoms with van der Waals surface area (Å²) >= 11 is 0. The molecule has 0 N–H and O–H groups in total. The summed E-state index contributed by atoms with van der Waals surface area (Å²) in [4.78, 5) is 25.7. The highest BCUT2D eigenvalue weighted by molar-refractivity contribution is 5.87. The first kappa shape index (κ1) is 16.5. The molecule has 0 aromatic heterocycles. The predicted molar refractivity (Wildman–Crippen MR) is 75.2 cm³/mol. The van der Waals surface area contributed by atoms with E-state index in [0.29, 0.717) is 32.4 Å². The Kier molecular flexibility index (Phi) is 6.03. The number of ether oxygens (including phenoxy) is 2. The van der Waals surface area contributed by atoms with Gasteiger partial charge in [0.1, 0.15) is 11.6 Å². The number of morpholine rings is 1. The van der Waals surface area contributed by atoms with E-state index in [2.05, 4.69) is 5.92 Å². The van der Waals surface area contributed by atoms with Crippen LogP contribution in [0.2, 0.25) is 0 Å². The number of hydrogen-bond donors (Lipinski definition) is 0. The zero-order chi connectivity index (χ0) is 15.2. The van der Waals surface area contributed by atoms with Crippen molar-refractivity contribution in [2.24, 2.45) is 0 Å². The molecule has 0 aliphatic carbocycles. The third kappa shape index (κ3) is 5.22. The molecule has 1 unspecified atom stereocenters. The van der Waals surface area contributed by atoms with Crippen molar-refractivity contribution in [3.8, 4) is 12.3 Å². The number of rotatable bonds is 4. The number of ketones is 1. The molecular weight excluding hydrogens is 258 g/mol. The van der Waals surface area contributed by atoms with Crippen LogP contribution in [-0.2, 0) is 14.3 Å². The molecule has 1 amide bonds. The van der Waals surface area contributed by atoms with Gasteiger partial charge in [0.15, 0.2) is 5.78 Å². The van der Waals surface area contributed by atoms with Gasteiger partial charge in [-0.15, -0.1) is 12.3 Å². The second kappa shape index (κ2) is 7.30. The lowest BCUT2D eigenvalue weighted by Crippen LogP contribution is -2.53. The van der Waals surface area contributed by atoms with Crippen molar-refractivity contribution in [3.05, 3.63) is 0 Å². The van der Waals surface area contributed by atoms with E-state index in [0.717, 1.165) is 0 Å². The van der Waals surface area contributed by atoms with E-state index in [1.807, 2.05) is 0 Å². The van der Waals surface area contributed by atoms with Gasteiger partial charge < -0.3 is 9.47 Å². The van der Waals surface area contributed by atoms with Gasteiger partial charge in [-0.2, -0.15) is 0 Å². The molecule has 0 saturated carbocycles. The normalized spacial score (nSPS) is 19.3. The van der Waals surface area contributed by atoms with Gasteiger partial charge in [0, 0.05) is 19.4 Å². The Balaban J connectivity index is 2.64. The number of amides is 1. The van der Waals surface area contributed by atoms with Crippen LogP contribution >= 0.6 is 0 Å². The van der Waals surface area contributed by atoms with Crippen molar-refractivity contribution in [2.45, 2.75) is 51.7 Å². The second-order valence-corrected chi connectivity index (χ2v) is 5.79. The highest BCUT2D eigenvalue weighted by Gasteiger charge is 2.34. The Labute approximate surface area is 120 Å². The minimum Gasteiger partial charge on any atom is -0.444 e. The third-order valence-corrected chi connectivity index (χ3v) is 2.87. The van der Waals surface area contributed by atoms with Gasteiger partial charge in [0.2, 0.25) is 0 Å². The van der Waals surface area contributed by atoms with Crippen LogP contribution in [0.1, 0.15) is 40.0 Å². The lowest BCUT2D eigenvalue weighted by atomic mass is 10.1. The first-order valence-electron chi connectivity index (χ1n) is 6.88. The molecule has 1 rings (SSSR count). The van der Waals surface area contributed by atoms with E-state index in [4.69, 9.17) is 15.9 Å². The van der Waals surface area contributed by atoms with E-state index in [1.54, 1.807) is 20.8 Å². The molecule has 0 spiro atoms. The van der Waals surface area contributed by atoms with E-state index in [1.165, 1.54) is 4.90 Å². The summed E-state index contributed by atoms with van der Waals surface area (Å²) in [6, 6.07) is -0.559. The van der Waals surface area contributed by atoms with Gasteiger partial charge in [-0.25, -0.2) is 4.79 Å². The third-order valence-electron chi connectivity index (χ3n) is 2.87. The zero-order valence-corrected chi connectivity index (χ0v) is 12.5. The minimum atomic E-state index is -0.577. The topological polar surface area (TPSA) is 55.8 Å². The van der Waals surface area contributed by atoms with Crippen LogP contribution in [0.25, 0.3) is 0 Å². The van der Waals surface area contributed by atoms with Crippen LogP contribution in [0.3, 0.4) is 0 Å². The van der Waals surface area contributed by atoms with Crippen molar-refractivity contribution in [1.82, 2.24) is 4.90 Å². The molecule has 20 heavy (non-hydrogen) atoms. The molecule has 1 aliphatic heterocycles. The first-order chi connectivity index (χ1) is 9.35. The fourth-order valence-corrected chi connectivity index (χ4v) is 1.94. The van der Waals surface area contributed by atoms with E-state index < -0.39 is 17.7 Å². The smallest absolute Gasteiger partial charge is 0.411 e. The monoisotopic (exact) mass is 281 g/mol. The molecule has 0 radical (unpaired) electrons. The number of hydrogen-bond acceptors (Lipinski definition) is 4. The Morgan fingerprint density at radius 3 is 2.75 bits per heavy atom. The summed E-state index contributed by atoms with van der Waals surface area (Å²) in [6.45, 7) is 6.43. The Bertz CT molecular complexity index is 392. The molecule has 1 heterocycles. The fraction of sp³-hybridized carbons (Fsp3) is 0.733. The molecule has 0 aromatic rings. The molecule has 1 aliphatic rings. The minimum absolute atomic E-state index is 0.0224. The Morgan fingerprint density at radius 1 is 1.45 bits per heavy atom. The molecule has 1 atom stereocenters. The summed E-state index contributed by atoms with van der Waals surface area (Å²) in [7, 11) is 0. The number of terminal acetylenes is 1. The largest absolute Gasteiger partial charge is 0.444 e. The molecule has 5 heteroatoms. The SMILES string of the molecule is C#CCCCC(=O)C1COCCN1C(=O)OC(C)(C)C. The van der Waals surface area contributed by atoms with E-state index >= 15 is 0 Å². The van der Waals surface area contributed by atoms with Crippen LogP contribution < -0.4 is 0 Å². The summed E-state index contributed by atoms with van der Waals surface area (Å²) in [6.07, 6.45) is 6.26. The quantitative estimate of drug-likeness (QED) is 0.584. The number of Topliss-reactive ketones (excluding diaryl/α,β-unsaturated/α-hetero) is 1. The average molecular weight is 281 g/mol. The number of unbranched alkanes of at least 4 members (excludes halogenated alkanes) is 1. The maximum Gasteiger partial charge on any atom is 0.411 e. The van der Waals surface area contributed by atoms with Gasteiger partial charge in [-0.1, -0.05) is 0 Å². The summed E-state index contributed by atoms with van der Waals surface area (Å²) < 4.78 is 10.6.